The summed E-state index contributed by atoms with van der Waals surface area (Å²) >= 11 is 4.64. The predicted octanol–water partition coefficient (Wildman–Crippen LogP) is 4.53. The number of Topliss-reactive ketones (excluding diaryl/α,β-unsaturated/α-hetero) is 1. The summed E-state index contributed by atoms with van der Waals surface area (Å²) in [6.07, 6.45) is 0. The lowest BCUT2D eigenvalue weighted by molar-refractivity contribution is -0.116. The molecule has 27 heavy (non-hydrogen) atoms. The lowest BCUT2D eigenvalue weighted by Crippen LogP contribution is -2.08. The maximum absolute atomic E-state index is 12.5. The molecule has 1 aliphatic rings. The minimum atomic E-state index is -0.247. The first kappa shape index (κ1) is 17.9. The van der Waals surface area contributed by atoms with Crippen LogP contribution in [0.1, 0.15) is 28.8 Å². The molecule has 0 saturated carbocycles. The van der Waals surface area contributed by atoms with Crippen molar-refractivity contribution in [1.82, 2.24) is 10.2 Å². The maximum Gasteiger partial charge on any atom is 0.277 e. The number of benzene rings is 2. The van der Waals surface area contributed by atoms with Crippen LogP contribution in [0.5, 0.6) is 0 Å². The van der Waals surface area contributed by atoms with Crippen LogP contribution < -0.4 is 5.32 Å². The van der Waals surface area contributed by atoms with Crippen LogP contribution in [0.2, 0.25) is 0 Å². The highest BCUT2D eigenvalue weighted by Gasteiger charge is 2.27. The molecule has 3 aromatic rings. The Morgan fingerprint density at radius 2 is 2.07 bits per heavy atom. The number of carbonyl (C=O) groups is 2. The second-order valence-corrected chi connectivity index (χ2v) is 7.86. The molecular formula is C19H14BrN3O3S. The Kier molecular flexibility index (Phi) is 4.84. The van der Waals surface area contributed by atoms with Gasteiger partial charge in [-0.25, -0.2) is 0 Å². The average Bonchev–Trinajstić information content (AvgIpc) is 3.25. The first-order valence-electron chi connectivity index (χ1n) is 8.22. The molecule has 4 rings (SSSR count). The molecule has 0 aliphatic carbocycles. The molecule has 1 aliphatic heterocycles. The SMILES string of the molecule is C[C@@H]1C(=O)Nc2ccc(C(=O)CSc3nnc(-c4ccccc4Br)o3)cc21. The van der Waals surface area contributed by atoms with Gasteiger partial charge in [0.2, 0.25) is 11.8 Å². The maximum atomic E-state index is 12.5. The number of halogens is 1. The summed E-state index contributed by atoms with van der Waals surface area (Å²) in [7, 11) is 0. The van der Waals surface area contributed by atoms with Crippen LogP contribution in [0.25, 0.3) is 11.5 Å². The smallest absolute Gasteiger partial charge is 0.277 e. The number of nitrogens with zero attached hydrogens (tertiary/aromatic N) is 2. The molecule has 1 aromatic heterocycles. The second kappa shape index (κ2) is 7.28. The Morgan fingerprint density at radius 3 is 2.89 bits per heavy atom. The minimum Gasteiger partial charge on any atom is -0.411 e. The van der Waals surface area contributed by atoms with Crippen molar-refractivity contribution in [3.8, 4) is 11.5 Å². The van der Waals surface area contributed by atoms with E-state index in [1.807, 2.05) is 31.2 Å². The van der Waals surface area contributed by atoms with Crippen molar-refractivity contribution in [3.05, 3.63) is 58.1 Å². The molecule has 0 fully saturated rings. The van der Waals surface area contributed by atoms with E-state index in [4.69, 9.17) is 4.42 Å². The number of hydrogen-bond acceptors (Lipinski definition) is 6. The van der Waals surface area contributed by atoms with Crippen LogP contribution in [0, 0.1) is 0 Å². The molecule has 0 radical (unpaired) electrons. The number of carbonyl (C=O) groups excluding carboxylic acids is 2. The van der Waals surface area contributed by atoms with Crippen LogP contribution in [0.3, 0.4) is 0 Å². The fraction of sp³-hybridized carbons (Fsp3) is 0.158. The van der Waals surface area contributed by atoms with Gasteiger partial charge in [-0.3, -0.25) is 9.59 Å². The normalized spacial score (nSPS) is 15.5. The van der Waals surface area contributed by atoms with Crippen molar-refractivity contribution in [1.29, 1.82) is 0 Å². The van der Waals surface area contributed by atoms with E-state index in [0.29, 0.717) is 16.7 Å². The molecule has 0 bridgehead atoms. The van der Waals surface area contributed by atoms with Gasteiger partial charge in [0.15, 0.2) is 5.78 Å². The average molecular weight is 444 g/mol. The Morgan fingerprint density at radius 1 is 1.26 bits per heavy atom. The van der Waals surface area contributed by atoms with E-state index in [9.17, 15) is 9.59 Å². The van der Waals surface area contributed by atoms with Gasteiger partial charge >= 0.3 is 0 Å². The van der Waals surface area contributed by atoms with E-state index in [1.54, 1.807) is 18.2 Å². The van der Waals surface area contributed by atoms with E-state index >= 15 is 0 Å². The third kappa shape index (κ3) is 3.54. The van der Waals surface area contributed by atoms with Gasteiger partial charge in [0.05, 0.1) is 17.2 Å². The summed E-state index contributed by atoms with van der Waals surface area (Å²) in [4.78, 5) is 24.2. The minimum absolute atomic E-state index is 0.0468. The molecule has 6 nitrogen and oxygen atoms in total. The van der Waals surface area contributed by atoms with Crippen LogP contribution in [-0.2, 0) is 4.79 Å². The lowest BCUT2D eigenvalue weighted by Gasteiger charge is -2.04. The fourth-order valence-electron chi connectivity index (χ4n) is 2.81. The summed E-state index contributed by atoms with van der Waals surface area (Å²) in [5.74, 6) is 0.215. The number of hydrogen-bond donors (Lipinski definition) is 1. The predicted molar refractivity (Wildman–Crippen MR) is 106 cm³/mol. The highest BCUT2D eigenvalue weighted by Crippen LogP contribution is 2.33. The topological polar surface area (TPSA) is 85.1 Å². The van der Waals surface area contributed by atoms with Crippen molar-refractivity contribution in [2.75, 3.05) is 11.1 Å². The highest BCUT2D eigenvalue weighted by atomic mass is 79.9. The zero-order valence-corrected chi connectivity index (χ0v) is 16.6. The first-order valence-corrected chi connectivity index (χ1v) is 10.00. The van der Waals surface area contributed by atoms with Crippen molar-refractivity contribution >= 4 is 45.1 Å². The number of thioether (sulfide) groups is 1. The van der Waals surface area contributed by atoms with E-state index in [-0.39, 0.29) is 23.4 Å². The van der Waals surface area contributed by atoms with Gasteiger partial charge in [0.1, 0.15) is 0 Å². The number of nitrogens with one attached hydrogen (secondary N) is 1. The van der Waals surface area contributed by atoms with Gasteiger partial charge in [0.25, 0.3) is 5.22 Å². The van der Waals surface area contributed by atoms with E-state index in [1.165, 1.54) is 11.8 Å². The molecule has 136 valence electrons. The summed E-state index contributed by atoms with van der Waals surface area (Å²) < 4.78 is 6.50. The molecule has 1 amide bonds. The van der Waals surface area contributed by atoms with Gasteiger partial charge in [-0.2, -0.15) is 0 Å². The zero-order chi connectivity index (χ0) is 19.0. The van der Waals surface area contributed by atoms with Gasteiger partial charge in [0, 0.05) is 15.7 Å². The van der Waals surface area contributed by atoms with Crippen LogP contribution >= 0.6 is 27.7 Å². The molecule has 1 atom stereocenters. The summed E-state index contributed by atoms with van der Waals surface area (Å²) in [6, 6.07) is 12.8. The summed E-state index contributed by atoms with van der Waals surface area (Å²) in [5.41, 5.74) is 2.99. The molecule has 0 unspecified atom stereocenters. The van der Waals surface area contributed by atoms with Gasteiger partial charge in [-0.05, 0) is 58.7 Å². The summed E-state index contributed by atoms with van der Waals surface area (Å²) in [6.45, 7) is 1.83. The molecule has 8 heteroatoms. The second-order valence-electron chi connectivity index (χ2n) is 6.08. The summed E-state index contributed by atoms with van der Waals surface area (Å²) in [5, 5.41) is 11.2. The molecule has 0 saturated heterocycles. The van der Waals surface area contributed by atoms with Crippen molar-refractivity contribution in [3.63, 3.8) is 0 Å². The fourth-order valence-corrected chi connectivity index (χ4v) is 3.92. The number of fused-ring (bicyclic) bond motifs is 1. The van der Waals surface area contributed by atoms with Crippen molar-refractivity contribution < 1.29 is 14.0 Å². The molecule has 0 spiro atoms. The Balaban J connectivity index is 1.45. The van der Waals surface area contributed by atoms with Crippen molar-refractivity contribution in [2.24, 2.45) is 0 Å². The molecular weight excluding hydrogens is 430 g/mol. The number of aromatic nitrogens is 2. The third-order valence-corrected chi connectivity index (χ3v) is 5.84. The van der Waals surface area contributed by atoms with E-state index in [0.717, 1.165) is 21.3 Å². The number of rotatable bonds is 5. The van der Waals surface area contributed by atoms with E-state index in [2.05, 4.69) is 31.4 Å². The highest BCUT2D eigenvalue weighted by molar-refractivity contribution is 9.10. The number of ketones is 1. The quantitative estimate of drug-likeness (QED) is 0.460. The largest absolute Gasteiger partial charge is 0.411 e. The zero-order valence-electron chi connectivity index (χ0n) is 14.2. The molecule has 2 aromatic carbocycles. The van der Waals surface area contributed by atoms with Gasteiger partial charge in [-0.15, -0.1) is 10.2 Å². The Labute approximate surface area is 167 Å². The Hall–Kier alpha value is -2.45. The monoisotopic (exact) mass is 443 g/mol. The number of anilines is 1. The molecule has 1 N–H and O–H groups in total. The lowest BCUT2D eigenvalue weighted by atomic mass is 9.99. The van der Waals surface area contributed by atoms with Gasteiger partial charge < -0.3 is 9.73 Å². The third-order valence-electron chi connectivity index (χ3n) is 4.33. The standard InChI is InChI=1S/C19H14BrN3O3S/c1-10-13-8-11(6-7-15(13)21-17(10)25)16(24)9-27-19-23-22-18(26-19)12-4-2-3-5-14(12)20/h2-8,10H,9H2,1H3,(H,21,25)/t10-/m0/s1. The van der Waals surface area contributed by atoms with E-state index < -0.39 is 0 Å². The van der Waals surface area contributed by atoms with Crippen LogP contribution in [0.15, 0.2) is 56.6 Å². The van der Waals surface area contributed by atoms with Crippen LogP contribution in [-0.4, -0.2) is 27.6 Å². The van der Waals surface area contributed by atoms with Crippen molar-refractivity contribution in [2.45, 2.75) is 18.1 Å². The number of amides is 1. The molecule has 2 heterocycles. The first-order chi connectivity index (χ1) is 13.0. The Bertz CT molecular complexity index is 1050. The van der Waals surface area contributed by atoms with Gasteiger partial charge in [-0.1, -0.05) is 23.9 Å². The van der Waals surface area contributed by atoms with Crippen LogP contribution in [0.4, 0.5) is 5.69 Å².